The van der Waals surface area contributed by atoms with Crippen LogP contribution in [0.2, 0.25) is 0 Å². The van der Waals surface area contributed by atoms with E-state index in [1.54, 1.807) is 24.3 Å². The standard InChI is InChI=1S/C21H18O3/c1-15(16-5-3-2-4-6-16)24-21(23)19-9-7-17(8-10-19)18-11-13-20(22)14-12-18/h2-15,22H,1H3. The van der Waals surface area contributed by atoms with Gasteiger partial charge in [-0.05, 0) is 47.9 Å². The van der Waals surface area contributed by atoms with Gasteiger partial charge in [0.15, 0.2) is 0 Å². The fourth-order valence-corrected chi connectivity index (χ4v) is 2.47. The van der Waals surface area contributed by atoms with Gasteiger partial charge in [0, 0.05) is 0 Å². The van der Waals surface area contributed by atoms with Crippen LogP contribution >= 0.6 is 0 Å². The van der Waals surface area contributed by atoms with Crippen molar-refractivity contribution in [2.75, 3.05) is 0 Å². The van der Waals surface area contributed by atoms with Gasteiger partial charge >= 0.3 is 5.97 Å². The number of benzene rings is 3. The molecule has 1 atom stereocenters. The number of phenolic OH excluding ortho intramolecular Hbond substituents is 1. The highest BCUT2D eigenvalue weighted by Gasteiger charge is 2.13. The molecule has 0 aliphatic carbocycles. The summed E-state index contributed by atoms with van der Waals surface area (Å²) in [5, 5.41) is 9.34. The molecule has 0 heterocycles. The number of rotatable bonds is 4. The van der Waals surface area contributed by atoms with Crippen LogP contribution in [0.1, 0.15) is 28.9 Å². The van der Waals surface area contributed by atoms with E-state index in [0.29, 0.717) is 5.56 Å². The third-order valence-corrected chi connectivity index (χ3v) is 3.87. The number of carbonyl (C=O) groups is 1. The average molecular weight is 318 g/mol. The number of aromatic hydroxyl groups is 1. The highest BCUT2D eigenvalue weighted by Crippen LogP contribution is 2.23. The topological polar surface area (TPSA) is 46.5 Å². The van der Waals surface area contributed by atoms with Crippen molar-refractivity contribution in [3.63, 3.8) is 0 Å². The van der Waals surface area contributed by atoms with Crippen molar-refractivity contribution in [2.24, 2.45) is 0 Å². The Kier molecular flexibility index (Phi) is 4.62. The third-order valence-electron chi connectivity index (χ3n) is 3.87. The van der Waals surface area contributed by atoms with Crippen LogP contribution in [0.5, 0.6) is 5.75 Å². The quantitative estimate of drug-likeness (QED) is 0.690. The van der Waals surface area contributed by atoms with E-state index in [9.17, 15) is 9.90 Å². The number of phenols is 1. The number of hydrogen-bond acceptors (Lipinski definition) is 3. The van der Waals surface area contributed by atoms with Gasteiger partial charge in [-0.2, -0.15) is 0 Å². The predicted octanol–water partition coefficient (Wildman–Crippen LogP) is 4.98. The van der Waals surface area contributed by atoms with Crippen LogP contribution in [-0.4, -0.2) is 11.1 Å². The van der Waals surface area contributed by atoms with E-state index in [-0.39, 0.29) is 17.8 Å². The highest BCUT2D eigenvalue weighted by atomic mass is 16.5. The van der Waals surface area contributed by atoms with E-state index < -0.39 is 0 Å². The Morgan fingerprint density at radius 3 is 1.96 bits per heavy atom. The summed E-state index contributed by atoms with van der Waals surface area (Å²) in [7, 11) is 0. The number of esters is 1. The Morgan fingerprint density at radius 1 is 0.833 bits per heavy atom. The van der Waals surface area contributed by atoms with Crippen LogP contribution in [0.15, 0.2) is 78.9 Å². The summed E-state index contributed by atoms with van der Waals surface area (Å²) in [6.45, 7) is 1.86. The molecule has 3 rings (SSSR count). The summed E-state index contributed by atoms with van der Waals surface area (Å²) >= 11 is 0. The van der Waals surface area contributed by atoms with Crippen molar-refractivity contribution < 1.29 is 14.6 Å². The third kappa shape index (κ3) is 3.63. The Bertz CT molecular complexity index is 806. The van der Waals surface area contributed by atoms with Crippen molar-refractivity contribution in [1.82, 2.24) is 0 Å². The molecular weight excluding hydrogens is 300 g/mol. The zero-order valence-electron chi connectivity index (χ0n) is 13.3. The second-order valence-electron chi connectivity index (χ2n) is 5.58. The molecule has 24 heavy (non-hydrogen) atoms. The van der Waals surface area contributed by atoms with Gasteiger partial charge in [-0.1, -0.05) is 54.6 Å². The number of carbonyl (C=O) groups excluding carboxylic acids is 1. The van der Waals surface area contributed by atoms with Gasteiger partial charge in [0.2, 0.25) is 0 Å². The Balaban J connectivity index is 1.71. The van der Waals surface area contributed by atoms with Crippen LogP contribution in [0.3, 0.4) is 0 Å². The molecule has 1 unspecified atom stereocenters. The predicted molar refractivity (Wildman–Crippen MR) is 93.8 cm³/mol. The van der Waals surface area contributed by atoms with Crippen LogP contribution in [-0.2, 0) is 4.74 Å². The maximum absolute atomic E-state index is 12.3. The van der Waals surface area contributed by atoms with Crippen LogP contribution in [0, 0.1) is 0 Å². The SMILES string of the molecule is CC(OC(=O)c1ccc(-c2ccc(O)cc2)cc1)c1ccccc1. The lowest BCUT2D eigenvalue weighted by atomic mass is 10.0. The van der Waals surface area contributed by atoms with E-state index in [1.165, 1.54) is 0 Å². The first-order valence-electron chi connectivity index (χ1n) is 7.79. The van der Waals surface area contributed by atoms with Crippen molar-refractivity contribution in [2.45, 2.75) is 13.0 Å². The molecule has 3 nitrogen and oxygen atoms in total. The minimum Gasteiger partial charge on any atom is -0.508 e. The maximum atomic E-state index is 12.3. The highest BCUT2D eigenvalue weighted by molar-refractivity contribution is 5.90. The molecule has 0 aromatic heterocycles. The maximum Gasteiger partial charge on any atom is 0.338 e. The lowest BCUT2D eigenvalue weighted by Gasteiger charge is -2.13. The molecule has 0 saturated carbocycles. The van der Waals surface area contributed by atoms with Gasteiger partial charge in [0.1, 0.15) is 11.9 Å². The molecule has 1 N–H and O–H groups in total. The molecule has 0 bridgehead atoms. The molecule has 0 radical (unpaired) electrons. The molecule has 0 amide bonds. The Morgan fingerprint density at radius 2 is 1.38 bits per heavy atom. The van der Waals surface area contributed by atoms with Crippen molar-refractivity contribution in [3.05, 3.63) is 90.0 Å². The monoisotopic (exact) mass is 318 g/mol. The first kappa shape index (κ1) is 15.8. The van der Waals surface area contributed by atoms with Gasteiger partial charge < -0.3 is 9.84 Å². The lowest BCUT2D eigenvalue weighted by Crippen LogP contribution is -2.09. The second kappa shape index (κ2) is 7.01. The zero-order valence-corrected chi connectivity index (χ0v) is 13.3. The van der Waals surface area contributed by atoms with Gasteiger partial charge in [0.05, 0.1) is 5.56 Å². The molecular formula is C21H18O3. The molecule has 0 fully saturated rings. The summed E-state index contributed by atoms with van der Waals surface area (Å²) in [5.74, 6) is -0.113. The zero-order chi connectivity index (χ0) is 16.9. The van der Waals surface area contributed by atoms with Crippen molar-refractivity contribution in [3.8, 4) is 16.9 Å². The second-order valence-corrected chi connectivity index (χ2v) is 5.58. The van der Waals surface area contributed by atoms with Gasteiger partial charge in [0.25, 0.3) is 0 Å². The molecule has 0 aliphatic rings. The summed E-state index contributed by atoms with van der Waals surface area (Å²) in [5.41, 5.74) is 3.43. The van der Waals surface area contributed by atoms with Crippen LogP contribution in [0.4, 0.5) is 0 Å². The molecule has 3 heteroatoms. The lowest BCUT2D eigenvalue weighted by molar-refractivity contribution is 0.0338. The Hall–Kier alpha value is -3.07. The van der Waals surface area contributed by atoms with E-state index in [2.05, 4.69) is 0 Å². The summed E-state index contributed by atoms with van der Waals surface area (Å²) in [4.78, 5) is 12.3. The molecule has 0 aliphatic heterocycles. The van der Waals surface area contributed by atoms with Crippen LogP contribution < -0.4 is 0 Å². The first-order valence-corrected chi connectivity index (χ1v) is 7.79. The molecule has 120 valence electrons. The summed E-state index contributed by atoms with van der Waals surface area (Å²) < 4.78 is 5.51. The molecule has 3 aromatic carbocycles. The number of hydrogen-bond donors (Lipinski definition) is 1. The summed E-state index contributed by atoms with van der Waals surface area (Å²) in [6, 6.07) is 23.8. The fourth-order valence-electron chi connectivity index (χ4n) is 2.47. The smallest absolute Gasteiger partial charge is 0.338 e. The van der Waals surface area contributed by atoms with Crippen molar-refractivity contribution in [1.29, 1.82) is 0 Å². The van der Waals surface area contributed by atoms with E-state index in [0.717, 1.165) is 16.7 Å². The molecule has 0 saturated heterocycles. The normalized spacial score (nSPS) is 11.7. The summed E-state index contributed by atoms with van der Waals surface area (Å²) in [6.07, 6.45) is -0.296. The van der Waals surface area contributed by atoms with E-state index in [1.807, 2.05) is 61.5 Å². The van der Waals surface area contributed by atoms with E-state index in [4.69, 9.17) is 4.74 Å². The minimum absolute atomic E-state index is 0.230. The van der Waals surface area contributed by atoms with Gasteiger partial charge in [-0.15, -0.1) is 0 Å². The fraction of sp³-hybridized carbons (Fsp3) is 0.0952. The first-order chi connectivity index (χ1) is 11.6. The largest absolute Gasteiger partial charge is 0.508 e. The van der Waals surface area contributed by atoms with Crippen molar-refractivity contribution >= 4 is 5.97 Å². The number of ether oxygens (including phenoxy) is 1. The van der Waals surface area contributed by atoms with Gasteiger partial charge in [-0.3, -0.25) is 0 Å². The van der Waals surface area contributed by atoms with Gasteiger partial charge in [-0.25, -0.2) is 4.79 Å². The minimum atomic E-state index is -0.344. The average Bonchev–Trinajstić information content (AvgIpc) is 2.63. The van der Waals surface area contributed by atoms with E-state index >= 15 is 0 Å². The van der Waals surface area contributed by atoms with Crippen LogP contribution in [0.25, 0.3) is 11.1 Å². The Labute approximate surface area is 141 Å². The molecule has 3 aromatic rings. The molecule has 0 spiro atoms.